The largest absolute Gasteiger partial charge is 0.419 e. The maximum absolute atomic E-state index is 6.07. The van der Waals surface area contributed by atoms with Crippen molar-refractivity contribution in [2.45, 2.75) is 26.3 Å². The second-order valence-corrected chi connectivity index (χ2v) is 5.07. The number of hydrogen-bond donors (Lipinski definition) is 1. The molecular weight excluding hydrogens is 250 g/mol. The average molecular weight is 266 g/mol. The van der Waals surface area contributed by atoms with Crippen LogP contribution in [0.25, 0.3) is 11.5 Å². The van der Waals surface area contributed by atoms with Crippen molar-refractivity contribution in [2.24, 2.45) is 11.7 Å². The van der Waals surface area contributed by atoms with Crippen molar-refractivity contribution in [2.75, 3.05) is 0 Å². The van der Waals surface area contributed by atoms with E-state index in [9.17, 15) is 0 Å². The summed E-state index contributed by atoms with van der Waals surface area (Å²) < 4.78 is 5.58. The molecule has 1 aromatic heterocycles. The maximum atomic E-state index is 6.07. The van der Waals surface area contributed by atoms with E-state index in [4.69, 9.17) is 21.8 Å². The molecule has 0 radical (unpaired) electrons. The van der Waals surface area contributed by atoms with E-state index in [-0.39, 0.29) is 6.04 Å². The first-order valence-corrected chi connectivity index (χ1v) is 6.29. The SMILES string of the molecule is CC(C)CC(N)c1nnc(-c2ccccc2Cl)o1. The molecule has 0 saturated heterocycles. The molecular formula is C13H16ClN3O. The van der Waals surface area contributed by atoms with Crippen LogP contribution in [0.1, 0.15) is 32.2 Å². The highest BCUT2D eigenvalue weighted by atomic mass is 35.5. The fourth-order valence-corrected chi connectivity index (χ4v) is 1.95. The van der Waals surface area contributed by atoms with Gasteiger partial charge in [0.05, 0.1) is 16.6 Å². The maximum Gasteiger partial charge on any atom is 0.249 e. The van der Waals surface area contributed by atoms with Gasteiger partial charge in [-0.2, -0.15) is 0 Å². The van der Waals surface area contributed by atoms with Gasteiger partial charge in [-0.1, -0.05) is 37.6 Å². The van der Waals surface area contributed by atoms with Crippen LogP contribution in [-0.4, -0.2) is 10.2 Å². The average Bonchev–Trinajstić information content (AvgIpc) is 2.78. The second kappa shape index (κ2) is 5.50. The van der Waals surface area contributed by atoms with Gasteiger partial charge in [-0.05, 0) is 24.5 Å². The van der Waals surface area contributed by atoms with Crippen LogP contribution in [0.5, 0.6) is 0 Å². The number of nitrogens with zero attached hydrogens (tertiary/aromatic N) is 2. The zero-order chi connectivity index (χ0) is 13.1. The molecule has 2 N–H and O–H groups in total. The van der Waals surface area contributed by atoms with E-state index < -0.39 is 0 Å². The zero-order valence-electron chi connectivity index (χ0n) is 10.4. The Morgan fingerprint density at radius 2 is 2.00 bits per heavy atom. The van der Waals surface area contributed by atoms with E-state index in [2.05, 4.69) is 24.0 Å². The zero-order valence-corrected chi connectivity index (χ0v) is 11.2. The molecule has 1 heterocycles. The Labute approximate surface area is 111 Å². The minimum Gasteiger partial charge on any atom is -0.419 e. The van der Waals surface area contributed by atoms with E-state index >= 15 is 0 Å². The highest BCUT2D eigenvalue weighted by Gasteiger charge is 2.17. The van der Waals surface area contributed by atoms with Crippen LogP contribution in [-0.2, 0) is 0 Å². The van der Waals surface area contributed by atoms with Crippen LogP contribution in [0.3, 0.4) is 0 Å². The Bertz CT molecular complexity index is 524. The number of hydrogen-bond acceptors (Lipinski definition) is 4. The quantitative estimate of drug-likeness (QED) is 0.920. The van der Waals surface area contributed by atoms with E-state index in [1.54, 1.807) is 6.07 Å². The second-order valence-electron chi connectivity index (χ2n) is 4.66. The lowest BCUT2D eigenvalue weighted by Gasteiger charge is -2.08. The van der Waals surface area contributed by atoms with Crippen molar-refractivity contribution in [1.82, 2.24) is 10.2 Å². The van der Waals surface area contributed by atoms with Crippen LogP contribution >= 0.6 is 11.6 Å². The van der Waals surface area contributed by atoms with Crippen molar-refractivity contribution in [3.63, 3.8) is 0 Å². The highest BCUT2D eigenvalue weighted by molar-refractivity contribution is 6.33. The van der Waals surface area contributed by atoms with Crippen LogP contribution in [0.15, 0.2) is 28.7 Å². The van der Waals surface area contributed by atoms with Crippen LogP contribution in [0.2, 0.25) is 5.02 Å². The summed E-state index contributed by atoms with van der Waals surface area (Å²) in [5.41, 5.74) is 6.73. The van der Waals surface area contributed by atoms with Gasteiger partial charge >= 0.3 is 0 Å². The van der Waals surface area contributed by atoms with Crippen LogP contribution in [0, 0.1) is 5.92 Å². The third-order valence-electron chi connectivity index (χ3n) is 2.59. The molecule has 0 aliphatic heterocycles. The Kier molecular flexibility index (Phi) is 3.99. The summed E-state index contributed by atoms with van der Waals surface area (Å²) in [4.78, 5) is 0. The summed E-state index contributed by atoms with van der Waals surface area (Å²) in [7, 11) is 0. The molecule has 1 unspecified atom stereocenters. The van der Waals surface area contributed by atoms with Gasteiger partial charge in [0, 0.05) is 0 Å². The molecule has 1 aromatic carbocycles. The third-order valence-corrected chi connectivity index (χ3v) is 2.92. The molecule has 0 fully saturated rings. The van der Waals surface area contributed by atoms with Crippen LogP contribution in [0.4, 0.5) is 0 Å². The molecule has 0 aliphatic carbocycles. The van der Waals surface area contributed by atoms with Gasteiger partial charge in [0.2, 0.25) is 11.8 Å². The topological polar surface area (TPSA) is 64.9 Å². The van der Waals surface area contributed by atoms with Crippen molar-refractivity contribution in [1.29, 1.82) is 0 Å². The number of nitrogens with two attached hydrogens (primary N) is 1. The molecule has 4 nitrogen and oxygen atoms in total. The van der Waals surface area contributed by atoms with Gasteiger partial charge in [-0.3, -0.25) is 0 Å². The predicted molar refractivity (Wildman–Crippen MR) is 71.1 cm³/mol. The van der Waals surface area contributed by atoms with Gasteiger partial charge in [-0.25, -0.2) is 0 Å². The molecule has 18 heavy (non-hydrogen) atoms. The predicted octanol–water partition coefficient (Wildman–Crippen LogP) is 3.44. The summed E-state index contributed by atoms with van der Waals surface area (Å²) in [5.74, 6) is 1.35. The van der Waals surface area contributed by atoms with E-state index in [0.717, 1.165) is 12.0 Å². The van der Waals surface area contributed by atoms with Gasteiger partial charge in [-0.15, -0.1) is 10.2 Å². The molecule has 0 aliphatic rings. The first-order valence-electron chi connectivity index (χ1n) is 5.91. The number of rotatable bonds is 4. The Balaban J connectivity index is 2.23. The summed E-state index contributed by atoms with van der Waals surface area (Å²) in [6.45, 7) is 4.20. The van der Waals surface area contributed by atoms with Crippen LogP contribution < -0.4 is 5.73 Å². The first-order chi connectivity index (χ1) is 8.58. The summed E-state index contributed by atoms with van der Waals surface area (Å²) in [6.07, 6.45) is 0.810. The number of aromatic nitrogens is 2. The van der Waals surface area contributed by atoms with E-state index in [0.29, 0.717) is 22.7 Å². The molecule has 0 amide bonds. The third kappa shape index (κ3) is 2.89. The fraction of sp³-hybridized carbons (Fsp3) is 0.385. The lowest BCUT2D eigenvalue weighted by Crippen LogP contribution is -2.13. The lowest BCUT2D eigenvalue weighted by molar-refractivity contribution is 0.408. The minimum atomic E-state index is -0.228. The molecule has 0 saturated carbocycles. The lowest BCUT2D eigenvalue weighted by atomic mass is 10.1. The Morgan fingerprint density at radius 3 is 2.67 bits per heavy atom. The Morgan fingerprint density at radius 1 is 1.28 bits per heavy atom. The minimum absolute atomic E-state index is 0.228. The molecule has 2 rings (SSSR count). The van der Waals surface area contributed by atoms with Gasteiger partial charge in [0.1, 0.15) is 0 Å². The first kappa shape index (κ1) is 13.1. The standard InChI is InChI=1S/C13H16ClN3O/c1-8(2)7-11(15)13-17-16-12(18-13)9-5-3-4-6-10(9)14/h3-6,8,11H,7,15H2,1-2H3. The van der Waals surface area contributed by atoms with Gasteiger partial charge in [0.15, 0.2) is 0 Å². The number of halogens is 1. The van der Waals surface area contributed by atoms with Gasteiger partial charge in [0.25, 0.3) is 0 Å². The fourth-order valence-electron chi connectivity index (χ4n) is 1.74. The normalized spacial score (nSPS) is 12.9. The van der Waals surface area contributed by atoms with E-state index in [1.165, 1.54) is 0 Å². The molecule has 5 heteroatoms. The Hall–Kier alpha value is -1.39. The summed E-state index contributed by atoms with van der Waals surface area (Å²) >= 11 is 6.07. The monoisotopic (exact) mass is 265 g/mol. The molecule has 0 bridgehead atoms. The van der Waals surface area contributed by atoms with Crippen molar-refractivity contribution in [3.05, 3.63) is 35.2 Å². The smallest absolute Gasteiger partial charge is 0.249 e. The van der Waals surface area contributed by atoms with Crippen molar-refractivity contribution < 1.29 is 4.42 Å². The van der Waals surface area contributed by atoms with Gasteiger partial charge < -0.3 is 10.2 Å². The molecule has 96 valence electrons. The summed E-state index contributed by atoms with van der Waals surface area (Å²) in [6, 6.07) is 7.13. The van der Waals surface area contributed by atoms with Crippen molar-refractivity contribution in [3.8, 4) is 11.5 Å². The summed E-state index contributed by atoms with van der Waals surface area (Å²) in [5, 5.41) is 8.57. The van der Waals surface area contributed by atoms with E-state index in [1.807, 2.05) is 18.2 Å². The highest BCUT2D eigenvalue weighted by Crippen LogP contribution is 2.28. The molecule has 1 atom stereocenters. The molecule has 2 aromatic rings. The molecule has 0 spiro atoms. The van der Waals surface area contributed by atoms with Crippen molar-refractivity contribution >= 4 is 11.6 Å². The number of benzene rings is 1.